The van der Waals surface area contributed by atoms with Crippen LogP contribution in [0.3, 0.4) is 0 Å². The van der Waals surface area contributed by atoms with E-state index in [1.807, 2.05) is 6.92 Å². The van der Waals surface area contributed by atoms with Gasteiger partial charge in [0.15, 0.2) is 0 Å². The third-order valence-corrected chi connectivity index (χ3v) is 4.12. The highest BCUT2D eigenvalue weighted by Crippen LogP contribution is 2.19. The van der Waals surface area contributed by atoms with Crippen LogP contribution in [-0.2, 0) is 11.3 Å². The average molecular weight is 290 g/mol. The van der Waals surface area contributed by atoms with Crippen molar-refractivity contribution >= 4 is 6.09 Å². The number of hydrogen-bond acceptors (Lipinski definition) is 3. The third kappa shape index (κ3) is 3.97. The first-order chi connectivity index (χ1) is 10.0. The Morgan fingerprint density at radius 3 is 2.19 bits per heavy atom. The first-order valence-corrected chi connectivity index (χ1v) is 7.72. The number of piperazine rings is 1. The summed E-state index contributed by atoms with van der Waals surface area (Å²) in [7, 11) is 0. The molecule has 1 fully saturated rings. The Balaban J connectivity index is 1.94. The summed E-state index contributed by atoms with van der Waals surface area (Å²) in [6, 6.07) is 4.49. The van der Waals surface area contributed by atoms with Gasteiger partial charge in [0.1, 0.15) is 0 Å². The lowest BCUT2D eigenvalue weighted by atomic mass is 9.99. The first kappa shape index (κ1) is 15.8. The van der Waals surface area contributed by atoms with Crippen molar-refractivity contribution in [2.45, 2.75) is 34.2 Å². The molecule has 0 unspecified atom stereocenters. The Labute approximate surface area is 127 Å². The first-order valence-electron chi connectivity index (χ1n) is 7.72. The van der Waals surface area contributed by atoms with Crippen molar-refractivity contribution in [3.05, 3.63) is 34.4 Å². The fraction of sp³-hybridized carbons (Fsp3) is 0.588. The number of carbonyl (C=O) groups is 1. The molecule has 0 aromatic heterocycles. The molecule has 1 heterocycles. The molecule has 21 heavy (non-hydrogen) atoms. The molecule has 1 amide bonds. The maximum Gasteiger partial charge on any atom is 0.409 e. The Kier molecular flexibility index (Phi) is 5.23. The summed E-state index contributed by atoms with van der Waals surface area (Å²) in [4.78, 5) is 15.9. The van der Waals surface area contributed by atoms with Crippen molar-refractivity contribution in [2.75, 3.05) is 32.8 Å². The second-order valence-electron chi connectivity index (χ2n) is 5.84. The number of aryl methyl sites for hydroxylation is 3. The highest BCUT2D eigenvalue weighted by atomic mass is 16.6. The molecule has 0 spiro atoms. The van der Waals surface area contributed by atoms with Crippen LogP contribution in [0.2, 0.25) is 0 Å². The lowest BCUT2D eigenvalue weighted by molar-refractivity contribution is 0.0777. The Hall–Kier alpha value is -1.55. The lowest BCUT2D eigenvalue weighted by Gasteiger charge is -2.34. The van der Waals surface area contributed by atoms with Gasteiger partial charge in [0, 0.05) is 32.7 Å². The highest BCUT2D eigenvalue weighted by Gasteiger charge is 2.22. The van der Waals surface area contributed by atoms with Crippen LogP contribution in [0.15, 0.2) is 12.1 Å². The maximum absolute atomic E-state index is 11.7. The van der Waals surface area contributed by atoms with Gasteiger partial charge in [0.25, 0.3) is 0 Å². The Morgan fingerprint density at radius 2 is 1.67 bits per heavy atom. The fourth-order valence-electron chi connectivity index (χ4n) is 2.99. The molecule has 0 aliphatic carbocycles. The largest absolute Gasteiger partial charge is 0.450 e. The van der Waals surface area contributed by atoms with E-state index in [1.54, 1.807) is 4.90 Å². The van der Waals surface area contributed by atoms with E-state index in [9.17, 15) is 4.79 Å². The van der Waals surface area contributed by atoms with Crippen molar-refractivity contribution < 1.29 is 9.53 Å². The van der Waals surface area contributed by atoms with Crippen molar-refractivity contribution in [1.29, 1.82) is 0 Å². The Morgan fingerprint density at radius 1 is 1.10 bits per heavy atom. The van der Waals surface area contributed by atoms with Crippen molar-refractivity contribution in [2.24, 2.45) is 0 Å². The second-order valence-corrected chi connectivity index (χ2v) is 5.84. The van der Waals surface area contributed by atoms with Crippen molar-refractivity contribution in [1.82, 2.24) is 9.80 Å². The number of rotatable bonds is 3. The van der Waals surface area contributed by atoms with E-state index in [4.69, 9.17) is 4.74 Å². The number of nitrogens with zero attached hydrogens (tertiary/aromatic N) is 2. The van der Waals surface area contributed by atoms with Gasteiger partial charge in [-0.1, -0.05) is 17.7 Å². The van der Waals surface area contributed by atoms with Gasteiger partial charge < -0.3 is 9.64 Å². The van der Waals surface area contributed by atoms with Gasteiger partial charge in [-0.15, -0.1) is 0 Å². The topological polar surface area (TPSA) is 32.8 Å². The molecule has 0 radical (unpaired) electrons. The minimum atomic E-state index is -0.181. The van der Waals surface area contributed by atoms with E-state index in [-0.39, 0.29) is 6.09 Å². The van der Waals surface area contributed by atoms with Gasteiger partial charge in [-0.05, 0) is 44.4 Å². The summed E-state index contributed by atoms with van der Waals surface area (Å²) >= 11 is 0. The fourth-order valence-corrected chi connectivity index (χ4v) is 2.99. The van der Waals surface area contributed by atoms with E-state index in [0.29, 0.717) is 6.61 Å². The van der Waals surface area contributed by atoms with Gasteiger partial charge in [0.05, 0.1) is 6.61 Å². The minimum Gasteiger partial charge on any atom is -0.450 e. The molecule has 0 bridgehead atoms. The lowest BCUT2D eigenvalue weighted by Crippen LogP contribution is -2.48. The number of amides is 1. The molecule has 1 aromatic rings. The standard InChI is InChI=1S/C17H26N2O2/c1-5-21-17(20)19-8-6-18(7-9-19)12-16-14(3)10-13(2)11-15(16)4/h10-11H,5-9,12H2,1-4H3. The molecule has 4 nitrogen and oxygen atoms in total. The molecule has 4 heteroatoms. The highest BCUT2D eigenvalue weighted by molar-refractivity contribution is 5.67. The predicted molar refractivity (Wildman–Crippen MR) is 84.5 cm³/mol. The molecular formula is C17H26N2O2. The Bertz CT molecular complexity index is 483. The zero-order valence-corrected chi connectivity index (χ0v) is 13.6. The van der Waals surface area contributed by atoms with Gasteiger partial charge in [-0.3, -0.25) is 4.90 Å². The van der Waals surface area contributed by atoms with Crippen LogP contribution in [0, 0.1) is 20.8 Å². The smallest absolute Gasteiger partial charge is 0.409 e. The number of ether oxygens (including phenoxy) is 1. The molecular weight excluding hydrogens is 264 g/mol. The van der Waals surface area contributed by atoms with E-state index < -0.39 is 0 Å². The van der Waals surface area contributed by atoms with Crippen LogP contribution >= 0.6 is 0 Å². The monoisotopic (exact) mass is 290 g/mol. The summed E-state index contributed by atoms with van der Waals surface area (Å²) in [5, 5.41) is 0. The van der Waals surface area contributed by atoms with Crippen LogP contribution in [0.4, 0.5) is 4.79 Å². The van der Waals surface area contributed by atoms with Crippen molar-refractivity contribution in [3.8, 4) is 0 Å². The van der Waals surface area contributed by atoms with Gasteiger partial charge in [-0.25, -0.2) is 4.79 Å². The van der Waals surface area contributed by atoms with Gasteiger partial charge in [0.2, 0.25) is 0 Å². The summed E-state index contributed by atoms with van der Waals surface area (Å²) in [6.45, 7) is 13.1. The number of hydrogen-bond donors (Lipinski definition) is 0. The van der Waals surface area contributed by atoms with Crippen LogP contribution < -0.4 is 0 Å². The zero-order valence-electron chi connectivity index (χ0n) is 13.6. The molecule has 0 saturated carbocycles. The van der Waals surface area contributed by atoms with Gasteiger partial charge >= 0.3 is 6.09 Å². The SMILES string of the molecule is CCOC(=O)N1CCN(Cc2c(C)cc(C)cc2C)CC1. The predicted octanol–water partition coefficient (Wildman–Crippen LogP) is 2.89. The van der Waals surface area contributed by atoms with Crippen LogP contribution in [0.5, 0.6) is 0 Å². The van der Waals surface area contributed by atoms with Crippen LogP contribution in [-0.4, -0.2) is 48.7 Å². The molecule has 0 atom stereocenters. The summed E-state index contributed by atoms with van der Waals surface area (Å²) in [5.41, 5.74) is 5.46. The molecule has 2 rings (SSSR count). The average Bonchev–Trinajstić information content (AvgIpc) is 2.43. The van der Waals surface area contributed by atoms with Gasteiger partial charge in [-0.2, -0.15) is 0 Å². The van der Waals surface area contributed by atoms with E-state index in [2.05, 4.69) is 37.8 Å². The normalized spacial score (nSPS) is 16.1. The molecule has 0 N–H and O–H groups in total. The molecule has 116 valence electrons. The van der Waals surface area contributed by atoms with Crippen LogP contribution in [0.25, 0.3) is 0 Å². The summed E-state index contributed by atoms with van der Waals surface area (Å²) in [6.07, 6.45) is -0.181. The van der Waals surface area contributed by atoms with E-state index in [0.717, 1.165) is 32.7 Å². The van der Waals surface area contributed by atoms with Crippen molar-refractivity contribution in [3.63, 3.8) is 0 Å². The van der Waals surface area contributed by atoms with Crippen LogP contribution in [0.1, 0.15) is 29.2 Å². The van der Waals surface area contributed by atoms with E-state index >= 15 is 0 Å². The maximum atomic E-state index is 11.7. The molecule has 1 aromatic carbocycles. The zero-order chi connectivity index (χ0) is 15.4. The summed E-state index contributed by atoms with van der Waals surface area (Å²) < 4.78 is 5.05. The molecule has 1 saturated heterocycles. The number of benzene rings is 1. The summed E-state index contributed by atoms with van der Waals surface area (Å²) in [5.74, 6) is 0. The third-order valence-electron chi connectivity index (χ3n) is 4.12. The van der Waals surface area contributed by atoms with E-state index in [1.165, 1.54) is 22.3 Å². The number of carbonyl (C=O) groups excluding carboxylic acids is 1. The second kappa shape index (κ2) is 6.94. The quantitative estimate of drug-likeness (QED) is 0.858. The molecule has 1 aliphatic rings. The minimum absolute atomic E-state index is 0.181. The molecule has 1 aliphatic heterocycles.